The van der Waals surface area contributed by atoms with E-state index in [2.05, 4.69) is 34.6 Å². The Labute approximate surface area is 147 Å². The number of rotatable bonds is 5. The van der Waals surface area contributed by atoms with E-state index in [0.717, 1.165) is 23.6 Å². The van der Waals surface area contributed by atoms with Crippen LogP contribution in [0.4, 0.5) is 11.6 Å². The van der Waals surface area contributed by atoms with Gasteiger partial charge in [0.2, 0.25) is 5.95 Å². The SMILES string of the molecule is COc1ccc(NC(=O)C2=C(C)Nc3ncnn3[C@H]2CC(C)C)cc1. The van der Waals surface area contributed by atoms with Crippen LogP contribution in [-0.4, -0.2) is 27.8 Å². The molecule has 2 aromatic rings. The zero-order valence-corrected chi connectivity index (χ0v) is 14.9. The highest BCUT2D eigenvalue weighted by molar-refractivity contribution is 6.05. The first-order valence-electron chi connectivity index (χ1n) is 8.32. The molecule has 0 fully saturated rings. The summed E-state index contributed by atoms with van der Waals surface area (Å²) in [5, 5.41) is 10.4. The predicted octanol–water partition coefficient (Wildman–Crippen LogP) is 3.21. The first kappa shape index (κ1) is 17.0. The zero-order chi connectivity index (χ0) is 18.0. The second-order valence-electron chi connectivity index (χ2n) is 6.52. The molecule has 1 aliphatic rings. The number of methoxy groups -OCH3 is 1. The number of amides is 1. The van der Waals surface area contributed by atoms with E-state index in [0.29, 0.717) is 17.4 Å². The van der Waals surface area contributed by atoms with Crippen LogP contribution in [0, 0.1) is 5.92 Å². The maximum Gasteiger partial charge on any atom is 0.255 e. The van der Waals surface area contributed by atoms with E-state index in [1.807, 2.05) is 31.2 Å². The Morgan fingerprint density at radius 2 is 2.08 bits per heavy atom. The molecule has 0 aliphatic carbocycles. The minimum absolute atomic E-state index is 0.137. The smallest absolute Gasteiger partial charge is 0.255 e. The summed E-state index contributed by atoms with van der Waals surface area (Å²) in [6.07, 6.45) is 2.31. The Morgan fingerprint density at radius 1 is 1.36 bits per heavy atom. The van der Waals surface area contributed by atoms with Crippen molar-refractivity contribution in [2.24, 2.45) is 5.92 Å². The lowest BCUT2D eigenvalue weighted by Crippen LogP contribution is -2.31. The fourth-order valence-corrected chi connectivity index (χ4v) is 3.03. The Hall–Kier alpha value is -2.83. The monoisotopic (exact) mass is 341 g/mol. The molecule has 0 radical (unpaired) electrons. The number of nitrogens with zero attached hydrogens (tertiary/aromatic N) is 3. The lowest BCUT2D eigenvalue weighted by Gasteiger charge is -2.29. The second-order valence-corrected chi connectivity index (χ2v) is 6.52. The number of benzene rings is 1. The summed E-state index contributed by atoms with van der Waals surface area (Å²) in [6.45, 7) is 6.16. The molecule has 132 valence electrons. The molecule has 0 saturated heterocycles. The van der Waals surface area contributed by atoms with Gasteiger partial charge in [-0.3, -0.25) is 4.79 Å². The number of aromatic nitrogens is 3. The van der Waals surface area contributed by atoms with Crippen molar-refractivity contribution in [3.8, 4) is 5.75 Å². The van der Waals surface area contributed by atoms with Gasteiger partial charge in [-0.25, -0.2) is 4.68 Å². The largest absolute Gasteiger partial charge is 0.497 e. The first-order chi connectivity index (χ1) is 12.0. The van der Waals surface area contributed by atoms with Crippen LogP contribution in [-0.2, 0) is 4.79 Å². The number of hydrogen-bond acceptors (Lipinski definition) is 5. The summed E-state index contributed by atoms with van der Waals surface area (Å²) in [4.78, 5) is 17.2. The number of nitrogens with one attached hydrogen (secondary N) is 2. The van der Waals surface area contributed by atoms with Crippen LogP contribution >= 0.6 is 0 Å². The molecule has 0 saturated carbocycles. The van der Waals surface area contributed by atoms with Crippen molar-refractivity contribution in [3.63, 3.8) is 0 Å². The third-order valence-electron chi connectivity index (χ3n) is 4.19. The molecular formula is C18H23N5O2. The molecule has 0 spiro atoms. The van der Waals surface area contributed by atoms with Crippen molar-refractivity contribution >= 4 is 17.5 Å². The molecule has 1 aromatic carbocycles. The van der Waals surface area contributed by atoms with Gasteiger partial charge < -0.3 is 15.4 Å². The summed E-state index contributed by atoms with van der Waals surface area (Å²) in [5.41, 5.74) is 2.21. The van der Waals surface area contributed by atoms with Crippen LogP contribution in [0.5, 0.6) is 5.75 Å². The highest BCUT2D eigenvalue weighted by atomic mass is 16.5. The van der Waals surface area contributed by atoms with Crippen LogP contribution in [0.25, 0.3) is 0 Å². The van der Waals surface area contributed by atoms with Crippen molar-refractivity contribution in [2.75, 3.05) is 17.7 Å². The number of fused-ring (bicyclic) bond motifs is 1. The van der Waals surface area contributed by atoms with Crippen LogP contribution < -0.4 is 15.4 Å². The van der Waals surface area contributed by atoms with Crippen molar-refractivity contribution in [2.45, 2.75) is 33.2 Å². The maximum absolute atomic E-state index is 13.0. The molecule has 7 heteroatoms. The van der Waals surface area contributed by atoms with Gasteiger partial charge in [-0.05, 0) is 43.5 Å². The Kier molecular flexibility index (Phi) is 4.74. The first-order valence-corrected chi connectivity index (χ1v) is 8.32. The molecule has 3 rings (SSSR count). The van der Waals surface area contributed by atoms with E-state index < -0.39 is 0 Å². The number of carbonyl (C=O) groups excluding carboxylic acids is 1. The second kappa shape index (κ2) is 6.96. The Bertz CT molecular complexity index is 792. The molecule has 7 nitrogen and oxygen atoms in total. The average molecular weight is 341 g/mol. The van der Waals surface area contributed by atoms with Gasteiger partial charge in [-0.2, -0.15) is 10.1 Å². The van der Waals surface area contributed by atoms with Gasteiger partial charge >= 0.3 is 0 Å². The maximum atomic E-state index is 13.0. The van der Waals surface area contributed by atoms with Crippen LogP contribution in [0.3, 0.4) is 0 Å². The number of anilines is 2. The molecule has 1 atom stereocenters. The molecule has 1 aromatic heterocycles. The van der Waals surface area contributed by atoms with Crippen molar-refractivity contribution < 1.29 is 9.53 Å². The summed E-state index contributed by atoms with van der Waals surface area (Å²) >= 11 is 0. The summed E-state index contributed by atoms with van der Waals surface area (Å²) in [5.74, 6) is 1.69. The van der Waals surface area contributed by atoms with Crippen LogP contribution in [0.15, 0.2) is 41.9 Å². The number of allylic oxidation sites excluding steroid dienone is 1. The van der Waals surface area contributed by atoms with Crippen molar-refractivity contribution in [3.05, 3.63) is 41.9 Å². The van der Waals surface area contributed by atoms with Gasteiger partial charge in [0.1, 0.15) is 12.1 Å². The summed E-state index contributed by atoms with van der Waals surface area (Å²) in [6, 6.07) is 7.13. The van der Waals surface area contributed by atoms with E-state index in [-0.39, 0.29) is 11.9 Å². The highest BCUT2D eigenvalue weighted by Crippen LogP contribution is 2.34. The lowest BCUT2D eigenvalue weighted by molar-refractivity contribution is -0.113. The fraction of sp³-hybridized carbons (Fsp3) is 0.389. The molecule has 2 heterocycles. The topological polar surface area (TPSA) is 81.1 Å². The zero-order valence-electron chi connectivity index (χ0n) is 14.9. The minimum atomic E-state index is -0.142. The fourth-order valence-electron chi connectivity index (χ4n) is 3.03. The van der Waals surface area contributed by atoms with Gasteiger partial charge in [0.15, 0.2) is 0 Å². The van der Waals surface area contributed by atoms with Gasteiger partial charge in [0.25, 0.3) is 5.91 Å². The summed E-state index contributed by atoms with van der Waals surface area (Å²) < 4.78 is 6.94. The van der Waals surface area contributed by atoms with Crippen molar-refractivity contribution in [1.29, 1.82) is 0 Å². The Morgan fingerprint density at radius 3 is 2.72 bits per heavy atom. The molecule has 2 N–H and O–H groups in total. The summed E-state index contributed by atoms with van der Waals surface area (Å²) in [7, 11) is 1.61. The van der Waals surface area contributed by atoms with E-state index in [4.69, 9.17) is 4.74 Å². The lowest BCUT2D eigenvalue weighted by atomic mass is 9.94. The van der Waals surface area contributed by atoms with Crippen LogP contribution in [0.2, 0.25) is 0 Å². The minimum Gasteiger partial charge on any atom is -0.497 e. The van der Waals surface area contributed by atoms with E-state index in [9.17, 15) is 4.79 Å². The third kappa shape index (κ3) is 3.50. The predicted molar refractivity (Wildman–Crippen MR) is 96.5 cm³/mol. The number of carbonyl (C=O) groups is 1. The highest BCUT2D eigenvalue weighted by Gasteiger charge is 2.32. The molecule has 25 heavy (non-hydrogen) atoms. The third-order valence-corrected chi connectivity index (χ3v) is 4.19. The van der Waals surface area contributed by atoms with Gasteiger partial charge in [-0.15, -0.1) is 0 Å². The van der Waals surface area contributed by atoms with Crippen LogP contribution in [0.1, 0.15) is 33.2 Å². The molecule has 1 amide bonds. The van der Waals surface area contributed by atoms with E-state index in [1.165, 1.54) is 6.33 Å². The van der Waals surface area contributed by atoms with Gasteiger partial charge in [0, 0.05) is 11.4 Å². The van der Waals surface area contributed by atoms with Gasteiger partial charge in [-0.1, -0.05) is 13.8 Å². The quantitative estimate of drug-likeness (QED) is 0.873. The van der Waals surface area contributed by atoms with Crippen molar-refractivity contribution in [1.82, 2.24) is 14.8 Å². The molecular weight excluding hydrogens is 318 g/mol. The van der Waals surface area contributed by atoms with Gasteiger partial charge in [0.05, 0.1) is 18.7 Å². The standard InChI is InChI=1S/C18H23N5O2/c1-11(2)9-15-16(12(3)21-18-19-10-20-23(15)18)17(24)22-13-5-7-14(25-4)8-6-13/h5-8,10-11,15H,9H2,1-4H3,(H,22,24)(H,19,20,21)/t15-/m0/s1. The average Bonchev–Trinajstić information content (AvgIpc) is 3.03. The molecule has 0 bridgehead atoms. The molecule has 0 unspecified atom stereocenters. The number of ether oxygens (including phenoxy) is 1. The van der Waals surface area contributed by atoms with E-state index in [1.54, 1.807) is 11.8 Å². The normalized spacial score (nSPS) is 16.4. The van der Waals surface area contributed by atoms with E-state index >= 15 is 0 Å². The number of hydrogen-bond donors (Lipinski definition) is 2. The molecule has 1 aliphatic heterocycles. The Balaban J connectivity index is 1.87.